The van der Waals surface area contributed by atoms with Crippen molar-refractivity contribution in [3.63, 3.8) is 0 Å². The van der Waals surface area contributed by atoms with Crippen LogP contribution in [0.3, 0.4) is 0 Å². The number of rotatable bonds is 2. The van der Waals surface area contributed by atoms with Crippen molar-refractivity contribution in [2.45, 2.75) is 5.37 Å². The van der Waals surface area contributed by atoms with Crippen molar-refractivity contribution in [2.75, 3.05) is 5.75 Å². The number of aliphatic carboxylic acids is 1. The Morgan fingerprint density at radius 2 is 2.43 bits per heavy atom. The van der Waals surface area contributed by atoms with Crippen LogP contribution in [0.2, 0.25) is 0 Å². The zero-order chi connectivity index (χ0) is 10.3. The van der Waals surface area contributed by atoms with Crippen molar-refractivity contribution < 1.29 is 19.5 Å². The zero-order valence-corrected chi connectivity index (χ0v) is 7.86. The second-order valence-corrected chi connectivity index (χ2v) is 4.14. The van der Waals surface area contributed by atoms with Crippen LogP contribution in [0.15, 0.2) is 11.8 Å². The zero-order valence-electron chi connectivity index (χ0n) is 7.04. The number of carboxylic acids is 1. The lowest BCUT2D eigenvalue weighted by Gasteiger charge is -2.46. The van der Waals surface area contributed by atoms with Crippen LogP contribution >= 0.6 is 11.8 Å². The number of thioether (sulfide) groups is 1. The summed E-state index contributed by atoms with van der Waals surface area (Å²) in [7, 11) is 0. The summed E-state index contributed by atoms with van der Waals surface area (Å²) >= 11 is 1.40. The van der Waals surface area contributed by atoms with Crippen LogP contribution in [-0.2, 0) is 14.4 Å². The van der Waals surface area contributed by atoms with Crippen molar-refractivity contribution >= 4 is 29.9 Å². The molecule has 0 aromatic rings. The van der Waals surface area contributed by atoms with E-state index in [9.17, 15) is 14.4 Å². The van der Waals surface area contributed by atoms with E-state index in [-0.39, 0.29) is 11.1 Å². The summed E-state index contributed by atoms with van der Waals surface area (Å²) < 4.78 is 0. The van der Waals surface area contributed by atoms with Gasteiger partial charge >= 0.3 is 5.97 Å². The first-order valence-electron chi connectivity index (χ1n) is 4.00. The first-order chi connectivity index (χ1) is 6.66. The average molecular weight is 213 g/mol. The number of hydrogen-bond donors (Lipinski definition) is 1. The van der Waals surface area contributed by atoms with E-state index in [1.807, 2.05) is 0 Å². The highest BCUT2D eigenvalue weighted by molar-refractivity contribution is 8.00. The van der Waals surface area contributed by atoms with E-state index >= 15 is 0 Å². The predicted octanol–water partition coefficient (Wildman–Crippen LogP) is -0.315. The van der Waals surface area contributed by atoms with Gasteiger partial charge in [0.2, 0.25) is 5.91 Å². The molecule has 0 aromatic carbocycles. The lowest BCUT2D eigenvalue weighted by molar-refractivity contribution is -0.153. The van der Waals surface area contributed by atoms with Crippen molar-refractivity contribution in [3.05, 3.63) is 11.8 Å². The molecule has 5 nitrogen and oxygen atoms in total. The number of nitrogens with zero attached hydrogens (tertiary/aromatic N) is 1. The molecule has 1 unspecified atom stereocenters. The van der Waals surface area contributed by atoms with Crippen LogP contribution in [0.5, 0.6) is 0 Å². The van der Waals surface area contributed by atoms with E-state index in [4.69, 9.17) is 5.11 Å². The second kappa shape index (κ2) is 3.13. The summed E-state index contributed by atoms with van der Waals surface area (Å²) in [6.45, 7) is 0. The highest BCUT2D eigenvalue weighted by Crippen LogP contribution is 2.40. The fourth-order valence-corrected chi connectivity index (χ4v) is 2.77. The first-order valence-corrected chi connectivity index (χ1v) is 5.05. The number of carboxylic acid groups (broad SMARTS) is 1. The number of β-lactam (4-membered cyclic amide) rings is 1. The number of amides is 1. The molecule has 1 fully saturated rings. The summed E-state index contributed by atoms with van der Waals surface area (Å²) in [6, 6.07) is 0. The van der Waals surface area contributed by atoms with Gasteiger partial charge in [-0.05, 0) is 6.08 Å². The maximum Gasteiger partial charge on any atom is 0.352 e. The molecule has 2 rings (SSSR count). The highest BCUT2D eigenvalue weighted by atomic mass is 32.2. The molecule has 74 valence electrons. The molecule has 0 radical (unpaired) electrons. The molecule has 6 heteroatoms. The van der Waals surface area contributed by atoms with Gasteiger partial charge in [0.1, 0.15) is 23.3 Å². The summed E-state index contributed by atoms with van der Waals surface area (Å²) in [4.78, 5) is 33.7. The topological polar surface area (TPSA) is 74.7 Å². The van der Waals surface area contributed by atoms with Gasteiger partial charge in [-0.25, -0.2) is 4.79 Å². The lowest BCUT2D eigenvalue weighted by Crippen LogP contribution is -2.61. The third-order valence-electron chi connectivity index (χ3n) is 2.25. The monoisotopic (exact) mass is 213 g/mol. The molecule has 14 heavy (non-hydrogen) atoms. The normalized spacial score (nSPS) is 30.1. The van der Waals surface area contributed by atoms with Gasteiger partial charge in [-0.15, -0.1) is 11.8 Å². The summed E-state index contributed by atoms with van der Waals surface area (Å²) in [6.07, 6.45) is 2.07. The van der Waals surface area contributed by atoms with E-state index in [0.717, 1.165) is 0 Å². The molecule has 2 aliphatic heterocycles. The minimum atomic E-state index is -1.12. The number of fused-ring (bicyclic) bond motifs is 1. The molecule has 0 saturated carbocycles. The van der Waals surface area contributed by atoms with Gasteiger partial charge in [-0.1, -0.05) is 0 Å². The Morgan fingerprint density at radius 1 is 1.71 bits per heavy atom. The number of hydrogen-bond acceptors (Lipinski definition) is 4. The Labute approximate surface area is 83.8 Å². The molecule has 0 spiro atoms. The van der Waals surface area contributed by atoms with Crippen LogP contribution in [0.4, 0.5) is 0 Å². The molecule has 2 aliphatic rings. The fourth-order valence-electron chi connectivity index (χ4n) is 1.56. The molecule has 0 aliphatic carbocycles. The number of aldehydes is 1. The number of carbonyl (C=O) groups is 3. The Kier molecular flexibility index (Phi) is 2.07. The van der Waals surface area contributed by atoms with Crippen LogP contribution < -0.4 is 0 Å². The van der Waals surface area contributed by atoms with Gasteiger partial charge in [-0.2, -0.15) is 0 Å². The van der Waals surface area contributed by atoms with Gasteiger partial charge in [-0.3, -0.25) is 9.69 Å². The van der Waals surface area contributed by atoms with Crippen LogP contribution in [0.25, 0.3) is 0 Å². The standard InChI is InChI=1S/C8H7NO4S/c10-3-4-6(11)9-5(8(12)13)1-2-14-7(4)9/h1,3-4,7H,2H2,(H,12,13)/t4?,7-/m0/s1. The smallest absolute Gasteiger partial charge is 0.352 e. The Hall–Kier alpha value is -1.30. The lowest BCUT2D eigenvalue weighted by atomic mass is 9.98. The van der Waals surface area contributed by atoms with E-state index in [1.165, 1.54) is 22.7 Å². The van der Waals surface area contributed by atoms with Gasteiger partial charge in [0.25, 0.3) is 0 Å². The third-order valence-corrected chi connectivity index (χ3v) is 3.46. The number of carbonyl (C=O) groups excluding carboxylic acids is 2. The Morgan fingerprint density at radius 3 is 3.00 bits per heavy atom. The van der Waals surface area contributed by atoms with E-state index in [0.29, 0.717) is 12.0 Å². The first kappa shape index (κ1) is 9.26. The molecule has 1 saturated heterocycles. The molecular weight excluding hydrogens is 206 g/mol. The van der Waals surface area contributed by atoms with Crippen LogP contribution in [0, 0.1) is 5.92 Å². The van der Waals surface area contributed by atoms with Crippen LogP contribution in [0.1, 0.15) is 0 Å². The minimum absolute atomic E-state index is 0.00292. The van der Waals surface area contributed by atoms with Gasteiger partial charge in [0.15, 0.2) is 0 Å². The SMILES string of the molecule is O=CC1C(=O)N2C(C(=O)O)=CCS[C@@H]12. The molecule has 2 atom stereocenters. The highest BCUT2D eigenvalue weighted by Gasteiger charge is 2.51. The summed E-state index contributed by atoms with van der Waals surface area (Å²) in [5.41, 5.74) is -0.00292. The molecule has 1 N–H and O–H groups in total. The van der Waals surface area contributed by atoms with E-state index in [2.05, 4.69) is 0 Å². The van der Waals surface area contributed by atoms with Crippen molar-refractivity contribution in [1.29, 1.82) is 0 Å². The van der Waals surface area contributed by atoms with Gasteiger partial charge in [0, 0.05) is 5.75 Å². The van der Waals surface area contributed by atoms with Crippen molar-refractivity contribution in [3.8, 4) is 0 Å². The quantitative estimate of drug-likeness (QED) is 0.387. The fraction of sp³-hybridized carbons (Fsp3) is 0.375. The molecule has 1 amide bonds. The molecule has 0 bridgehead atoms. The third kappa shape index (κ3) is 1.07. The van der Waals surface area contributed by atoms with Crippen molar-refractivity contribution in [1.82, 2.24) is 4.90 Å². The van der Waals surface area contributed by atoms with Gasteiger partial charge in [0.05, 0.1) is 0 Å². The van der Waals surface area contributed by atoms with E-state index < -0.39 is 17.8 Å². The minimum Gasteiger partial charge on any atom is -0.477 e. The van der Waals surface area contributed by atoms with E-state index in [1.54, 1.807) is 0 Å². The molecular formula is C8H7NO4S. The maximum atomic E-state index is 11.3. The average Bonchev–Trinajstić information content (AvgIpc) is 2.16. The molecule has 0 aromatic heterocycles. The summed E-state index contributed by atoms with van der Waals surface area (Å²) in [5.74, 6) is -1.66. The summed E-state index contributed by atoms with van der Waals surface area (Å²) in [5, 5.41) is 8.47. The largest absolute Gasteiger partial charge is 0.477 e. The Bertz CT molecular complexity index is 351. The maximum absolute atomic E-state index is 11.3. The second-order valence-electron chi connectivity index (χ2n) is 2.99. The molecule has 2 heterocycles. The van der Waals surface area contributed by atoms with Gasteiger partial charge < -0.3 is 9.90 Å². The van der Waals surface area contributed by atoms with Crippen LogP contribution in [-0.4, -0.2) is 39.3 Å². The predicted molar refractivity (Wildman–Crippen MR) is 48.4 cm³/mol. The van der Waals surface area contributed by atoms with Crippen molar-refractivity contribution in [2.24, 2.45) is 5.92 Å². The Balaban J connectivity index is 2.27.